The number of nitrogens with zero attached hydrogens (tertiary/aromatic N) is 1. The van der Waals surface area contributed by atoms with Gasteiger partial charge in [0.1, 0.15) is 12.4 Å². The van der Waals surface area contributed by atoms with Crippen molar-refractivity contribution in [2.75, 3.05) is 0 Å². The molecule has 1 heterocycles. The first-order chi connectivity index (χ1) is 12.7. The first-order valence-electron chi connectivity index (χ1n) is 9.60. The minimum Gasteiger partial charge on any atom is -0.487 e. The van der Waals surface area contributed by atoms with Crippen LogP contribution in [0.3, 0.4) is 0 Å². The Morgan fingerprint density at radius 3 is 2.35 bits per heavy atom. The van der Waals surface area contributed by atoms with Crippen LogP contribution in [0.15, 0.2) is 35.2 Å². The molecule has 0 spiro atoms. The number of rotatable bonds is 5. The highest BCUT2D eigenvalue weighted by Crippen LogP contribution is 2.55. The van der Waals surface area contributed by atoms with Gasteiger partial charge >= 0.3 is 0 Å². The summed E-state index contributed by atoms with van der Waals surface area (Å²) in [5, 5.41) is 5.41. The third-order valence-corrected chi connectivity index (χ3v) is 7.04. The van der Waals surface area contributed by atoms with E-state index in [2.05, 4.69) is 10.3 Å². The highest BCUT2D eigenvalue weighted by atomic mass is 32.1. The van der Waals surface area contributed by atoms with Crippen LogP contribution in [0.5, 0.6) is 5.75 Å². The van der Waals surface area contributed by atoms with Gasteiger partial charge in [0, 0.05) is 16.5 Å². The zero-order valence-electron chi connectivity index (χ0n) is 14.8. The lowest BCUT2D eigenvalue weighted by Gasteiger charge is -2.56. The predicted molar refractivity (Wildman–Crippen MR) is 101 cm³/mol. The van der Waals surface area contributed by atoms with Gasteiger partial charge in [-0.25, -0.2) is 4.98 Å². The van der Waals surface area contributed by atoms with Gasteiger partial charge in [-0.15, -0.1) is 11.3 Å². The van der Waals surface area contributed by atoms with Gasteiger partial charge < -0.3 is 10.1 Å². The fourth-order valence-corrected chi connectivity index (χ4v) is 6.29. The molecule has 1 aromatic heterocycles. The number of hydrogen-bond acceptors (Lipinski definition) is 4. The molecule has 4 fully saturated rings. The molecule has 1 aromatic carbocycles. The molecule has 1 N–H and O–H groups in total. The van der Waals surface area contributed by atoms with E-state index in [0.717, 1.165) is 34.8 Å². The molecular weight excluding hydrogens is 344 g/mol. The number of ether oxygens (including phenoxy) is 1. The van der Waals surface area contributed by atoms with Gasteiger partial charge in [-0.1, -0.05) is 0 Å². The Balaban J connectivity index is 1.23. The van der Waals surface area contributed by atoms with Crippen molar-refractivity contribution in [3.63, 3.8) is 0 Å². The van der Waals surface area contributed by atoms with Crippen molar-refractivity contribution < 1.29 is 9.53 Å². The number of amides is 1. The van der Waals surface area contributed by atoms with Gasteiger partial charge in [0.15, 0.2) is 0 Å². The second-order valence-corrected chi connectivity index (χ2v) is 9.16. The zero-order chi connectivity index (χ0) is 17.6. The van der Waals surface area contributed by atoms with Crippen LogP contribution in [-0.4, -0.2) is 16.4 Å². The zero-order valence-corrected chi connectivity index (χ0v) is 15.6. The van der Waals surface area contributed by atoms with Gasteiger partial charge in [-0.05, 0) is 80.5 Å². The third-order valence-electron chi connectivity index (χ3n) is 6.40. The third kappa shape index (κ3) is 3.13. The van der Waals surface area contributed by atoms with Crippen LogP contribution >= 0.6 is 11.3 Å². The number of thiazole rings is 1. The maximum atomic E-state index is 12.8. The maximum absolute atomic E-state index is 12.8. The summed E-state index contributed by atoms with van der Waals surface area (Å²) in [5.41, 5.74) is 3.52. The van der Waals surface area contributed by atoms with Gasteiger partial charge in [0.05, 0.1) is 11.2 Å². The Hall–Kier alpha value is -1.88. The number of benzene rings is 1. The predicted octanol–water partition coefficient (Wildman–Crippen LogP) is 4.42. The molecule has 4 aliphatic carbocycles. The normalized spacial score (nSPS) is 31.8. The molecule has 136 valence electrons. The summed E-state index contributed by atoms with van der Waals surface area (Å²) in [6, 6.07) is 7.49. The standard InChI is InChI=1S/C21H24N2O2S/c24-20(23-21-8-14-5-15(9-21)7-16(6-14)10-21)17-1-3-19(4-2-17)25-11-18-12-26-13-22-18/h1-4,12-16H,5-11H2,(H,23,24). The fraction of sp³-hybridized carbons (Fsp3) is 0.524. The molecular formula is C21H24N2O2S. The highest BCUT2D eigenvalue weighted by Gasteiger charge is 2.51. The lowest BCUT2D eigenvalue weighted by atomic mass is 9.53. The molecule has 0 aliphatic heterocycles. The smallest absolute Gasteiger partial charge is 0.251 e. The molecule has 5 heteroatoms. The van der Waals surface area contributed by atoms with Crippen molar-refractivity contribution in [2.45, 2.75) is 50.7 Å². The number of aromatic nitrogens is 1. The van der Waals surface area contributed by atoms with Crippen LogP contribution in [0.25, 0.3) is 0 Å². The van der Waals surface area contributed by atoms with E-state index in [4.69, 9.17) is 4.74 Å². The van der Waals surface area contributed by atoms with Gasteiger partial charge in [-0.3, -0.25) is 4.79 Å². The first-order valence-corrected chi connectivity index (χ1v) is 10.5. The van der Waals surface area contributed by atoms with E-state index in [9.17, 15) is 4.79 Å². The Labute approximate surface area is 158 Å². The Bertz CT molecular complexity index is 750. The molecule has 4 nitrogen and oxygen atoms in total. The minimum absolute atomic E-state index is 0.0611. The van der Waals surface area contributed by atoms with Crippen LogP contribution in [0, 0.1) is 17.8 Å². The summed E-state index contributed by atoms with van der Waals surface area (Å²) >= 11 is 1.56. The van der Waals surface area contributed by atoms with Crippen molar-refractivity contribution in [2.24, 2.45) is 17.8 Å². The Morgan fingerprint density at radius 1 is 1.12 bits per heavy atom. The van der Waals surface area contributed by atoms with Crippen LogP contribution in [0.4, 0.5) is 0 Å². The number of carbonyl (C=O) groups is 1. The van der Waals surface area contributed by atoms with Gasteiger partial charge in [0.25, 0.3) is 5.91 Å². The summed E-state index contributed by atoms with van der Waals surface area (Å²) in [6.45, 7) is 0.461. The molecule has 2 aromatic rings. The molecule has 0 saturated heterocycles. The summed E-state index contributed by atoms with van der Waals surface area (Å²) < 4.78 is 5.73. The van der Waals surface area contributed by atoms with Crippen molar-refractivity contribution >= 4 is 17.2 Å². The number of hydrogen-bond donors (Lipinski definition) is 1. The molecule has 1 amide bonds. The molecule has 0 radical (unpaired) electrons. The van der Waals surface area contributed by atoms with E-state index in [1.807, 2.05) is 29.6 Å². The molecule has 4 bridgehead atoms. The van der Waals surface area contributed by atoms with E-state index in [-0.39, 0.29) is 11.4 Å². The quantitative estimate of drug-likeness (QED) is 0.850. The Morgan fingerprint density at radius 2 is 1.77 bits per heavy atom. The lowest BCUT2D eigenvalue weighted by molar-refractivity contribution is -0.0167. The van der Waals surface area contributed by atoms with Gasteiger partial charge in [-0.2, -0.15) is 0 Å². The van der Waals surface area contributed by atoms with E-state index < -0.39 is 0 Å². The average molecular weight is 369 g/mol. The molecule has 4 saturated carbocycles. The highest BCUT2D eigenvalue weighted by molar-refractivity contribution is 7.07. The summed E-state index contributed by atoms with van der Waals surface area (Å²) in [6.07, 6.45) is 7.71. The van der Waals surface area contributed by atoms with E-state index in [0.29, 0.717) is 6.61 Å². The van der Waals surface area contributed by atoms with Gasteiger partial charge in [0.2, 0.25) is 0 Å². The van der Waals surface area contributed by atoms with Crippen LogP contribution in [0.2, 0.25) is 0 Å². The van der Waals surface area contributed by atoms with Crippen molar-refractivity contribution in [1.29, 1.82) is 0 Å². The number of carbonyl (C=O) groups excluding carboxylic acids is 1. The fourth-order valence-electron chi connectivity index (χ4n) is 5.75. The molecule has 26 heavy (non-hydrogen) atoms. The SMILES string of the molecule is O=C(NC12CC3CC(CC(C3)C1)C2)c1ccc(OCc2cscn2)cc1. The van der Waals surface area contributed by atoms with Crippen molar-refractivity contribution in [3.05, 3.63) is 46.4 Å². The Kier molecular flexibility index (Phi) is 4.00. The first kappa shape index (κ1) is 16.3. The molecule has 0 atom stereocenters. The number of nitrogens with one attached hydrogen (secondary N) is 1. The molecule has 4 aliphatic rings. The lowest BCUT2D eigenvalue weighted by Crippen LogP contribution is -2.59. The summed E-state index contributed by atoms with van der Waals surface area (Å²) in [7, 11) is 0. The van der Waals surface area contributed by atoms with Crippen molar-refractivity contribution in [3.8, 4) is 5.75 Å². The molecule has 6 rings (SSSR count). The molecule has 0 unspecified atom stereocenters. The second-order valence-electron chi connectivity index (χ2n) is 8.44. The van der Waals surface area contributed by atoms with Crippen LogP contribution in [0.1, 0.15) is 54.6 Å². The van der Waals surface area contributed by atoms with Crippen molar-refractivity contribution in [1.82, 2.24) is 10.3 Å². The largest absolute Gasteiger partial charge is 0.487 e. The maximum Gasteiger partial charge on any atom is 0.251 e. The average Bonchev–Trinajstić information content (AvgIpc) is 3.12. The summed E-state index contributed by atoms with van der Waals surface area (Å²) in [4.78, 5) is 17.0. The van der Waals surface area contributed by atoms with Crippen LogP contribution in [-0.2, 0) is 6.61 Å². The minimum atomic E-state index is 0.0611. The summed E-state index contributed by atoms with van der Waals surface area (Å²) in [5.74, 6) is 3.34. The topological polar surface area (TPSA) is 51.2 Å². The van der Waals surface area contributed by atoms with E-state index in [1.54, 1.807) is 16.8 Å². The van der Waals surface area contributed by atoms with E-state index in [1.165, 1.54) is 38.5 Å². The second kappa shape index (κ2) is 6.38. The van der Waals surface area contributed by atoms with Crippen LogP contribution < -0.4 is 10.1 Å². The monoisotopic (exact) mass is 368 g/mol. The van der Waals surface area contributed by atoms with E-state index >= 15 is 0 Å².